The number of aliphatic carboxylic acids is 1. The summed E-state index contributed by atoms with van der Waals surface area (Å²) in [6, 6.07) is 2.08. The molecule has 0 radical (unpaired) electrons. The van der Waals surface area contributed by atoms with Crippen LogP contribution in [-0.2, 0) is 4.79 Å². The van der Waals surface area contributed by atoms with Gasteiger partial charge in [-0.3, -0.25) is 9.99 Å². The lowest BCUT2D eigenvalue weighted by Crippen LogP contribution is -2.44. The number of rotatable bonds is 4. The third-order valence-electron chi connectivity index (χ3n) is 4.99. The molecule has 6 nitrogen and oxygen atoms in total. The van der Waals surface area contributed by atoms with Crippen molar-refractivity contribution in [2.75, 3.05) is 6.54 Å². The van der Waals surface area contributed by atoms with Crippen LogP contribution >= 0.6 is 11.6 Å². The van der Waals surface area contributed by atoms with E-state index in [2.05, 4.69) is 21.9 Å². The molecule has 2 aliphatic heterocycles. The van der Waals surface area contributed by atoms with Gasteiger partial charge in [-0.05, 0) is 44.7 Å². The fraction of sp³-hybridized carbons (Fsp3) is 0.389. The molecular formula is C18H19ClN4O2. The van der Waals surface area contributed by atoms with Gasteiger partial charge in [-0.25, -0.2) is 14.8 Å². The molecule has 0 amide bonds. The highest BCUT2D eigenvalue weighted by atomic mass is 35.5. The van der Waals surface area contributed by atoms with Gasteiger partial charge in [0.15, 0.2) is 5.82 Å². The van der Waals surface area contributed by atoms with Crippen LogP contribution in [0.15, 0.2) is 46.6 Å². The second-order valence-corrected chi connectivity index (χ2v) is 7.21. The van der Waals surface area contributed by atoms with Crippen molar-refractivity contribution >= 4 is 23.3 Å². The Kier molecular flexibility index (Phi) is 3.89. The minimum atomic E-state index is -0.924. The lowest BCUT2D eigenvalue weighted by atomic mass is 10.1. The lowest BCUT2D eigenvalue weighted by molar-refractivity contribution is -0.132. The third-order valence-corrected chi connectivity index (χ3v) is 5.19. The average Bonchev–Trinajstić information content (AvgIpc) is 3.34. The summed E-state index contributed by atoms with van der Waals surface area (Å²) in [6.45, 7) is 4.51. The van der Waals surface area contributed by atoms with Crippen LogP contribution < -0.4 is 0 Å². The maximum atomic E-state index is 11.8. The summed E-state index contributed by atoms with van der Waals surface area (Å²) in [7, 11) is 0. The van der Waals surface area contributed by atoms with E-state index < -0.39 is 5.97 Å². The van der Waals surface area contributed by atoms with E-state index in [1.807, 2.05) is 18.0 Å². The number of carbonyl (C=O) groups is 1. The average molecular weight is 359 g/mol. The number of allylic oxidation sites excluding steroid dienone is 2. The summed E-state index contributed by atoms with van der Waals surface area (Å²) < 4.78 is 0. The first kappa shape index (κ1) is 16.3. The van der Waals surface area contributed by atoms with Gasteiger partial charge in [0.2, 0.25) is 0 Å². The molecule has 1 aliphatic carbocycles. The molecule has 0 spiro atoms. The number of halogens is 1. The summed E-state index contributed by atoms with van der Waals surface area (Å²) in [6.07, 6.45) is 7.61. The van der Waals surface area contributed by atoms with Crippen molar-refractivity contribution in [1.29, 1.82) is 0 Å². The van der Waals surface area contributed by atoms with Crippen LogP contribution in [-0.4, -0.2) is 44.4 Å². The fourth-order valence-electron chi connectivity index (χ4n) is 3.45. The van der Waals surface area contributed by atoms with Gasteiger partial charge in [-0.2, -0.15) is 0 Å². The SMILES string of the molecule is CC1=CC(c2cncc(Cl)c2)=NC2=C(C(=O)O)CN([C@H](C)C3CC3)N12. The van der Waals surface area contributed by atoms with Crippen LogP contribution in [0, 0.1) is 5.92 Å². The minimum absolute atomic E-state index is 0.291. The number of aromatic nitrogens is 1. The number of hydrogen-bond acceptors (Lipinski definition) is 5. The van der Waals surface area contributed by atoms with Crippen LogP contribution in [0.25, 0.3) is 0 Å². The number of hydrogen-bond donors (Lipinski definition) is 1. The zero-order chi connectivity index (χ0) is 17.7. The molecule has 3 aliphatic rings. The van der Waals surface area contributed by atoms with Gasteiger partial charge in [0.05, 0.1) is 22.9 Å². The number of pyridine rings is 1. The normalized spacial score (nSPS) is 21.8. The number of aliphatic imine (C=N–C) groups is 1. The second-order valence-electron chi connectivity index (χ2n) is 6.77. The smallest absolute Gasteiger partial charge is 0.336 e. The zero-order valence-corrected chi connectivity index (χ0v) is 14.9. The molecular weight excluding hydrogens is 340 g/mol. The minimum Gasteiger partial charge on any atom is -0.478 e. The van der Waals surface area contributed by atoms with Crippen molar-refractivity contribution in [2.24, 2.45) is 10.9 Å². The Hall–Kier alpha value is -2.18. The number of hydrazine groups is 1. The lowest BCUT2D eigenvalue weighted by Gasteiger charge is -2.37. The number of nitrogens with zero attached hydrogens (tertiary/aromatic N) is 4. The second kappa shape index (κ2) is 5.97. The maximum Gasteiger partial charge on any atom is 0.336 e. The van der Waals surface area contributed by atoms with Gasteiger partial charge in [-0.15, -0.1) is 0 Å². The van der Waals surface area contributed by atoms with E-state index in [0.29, 0.717) is 40.6 Å². The first-order valence-corrected chi connectivity index (χ1v) is 8.74. The molecule has 1 fully saturated rings. The molecule has 1 aromatic heterocycles. The van der Waals surface area contributed by atoms with E-state index in [9.17, 15) is 9.90 Å². The summed E-state index contributed by atoms with van der Waals surface area (Å²) >= 11 is 6.03. The van der Waals surface area contributed by atoms with Crippen molar-refractivity contribution in [3.63, 3.8) is 0 Å². The maximum absolute atomic E-state index is 11.8. The van der Waals surface area contributed by atoms with Crippen molar-refractivity contribution in [1.82, 2.24) is 15.0 Å². The van der Waals surface area contributed by atoms with Gasteiger partial charge in [0.25, 0.3) is 0 Å². The monoisotopic (exact) mass is 358 g/mol. The highest BCUT2D eigenvalue weighted by Crippen LogP contribution is 2.41. The van der Waals surface area contributed by atoms with E-state index in [0.717, 1.165) is 11.3 Å². The summed E-state index contributed by atoms with van der Waals surface area (Å²) in [5.74, 6) is 0.201. The number of carboxylic acid groups (broad SMARTS) is 1. The Morgan fingerprint density at radius 1 is 1.40 bits per heavy atom. The first-order chi connectivity index (χ1) is 12.0. The Balaban J connectivity index is 1.76. The van der Waals surface area contributed by atoms with Crippen LogP contribution in [0.1, 0.15) is 32.3 Å². The molecule has 0 bridgehead atoms. The topological polar surface area (TPSA) is 69.0 Å². The molecule has 1 atom stereocenters. The molecule has 0 aromatic carbocycles. The van der Waals surface area contributed by atoms with Gasteiger partial charge in [0, 0.05) is 29.7 Å². The summed E-state index contributed by atoms with van der Waals surface area (Å²) in [4.78, 5) is 20.5. The Bertz CT molecular complexity index is 841. The quantitative estimate of drug-likeness (QED) is 0.895. The van der Waals surface area contributed by atoms with Gasteiger partial charge in [0.1, 0.15) is 0 Å². The highest BCUT2D eigenvalue weighted by molar-refractivity contribution is 6.31. The van der Waals surface area contributed by atoms with Gasteiger partial charge < -0.3 is 5.11 Å². The number of carboxylic acids is 1. The fourth-order valence-corrected chi connectivity index (χ4v) is 3.63. The summed E-state index contributed by atoms with van der Waals surface area (Å²) in [5, 5.41) is 14.3. The molecule has 1 N–H and O–H groups in total. The van der Waals surface area contributed by atoms with Crippen LogP contribution in [0.3, 0.4) is 0 Å². The molecule has 0 saturated heterocycles. The highest BCUT2D eigenvalue weighted by Gasteiger charge is 2.43. The number of fused-ring (bicyclic) bond motifs is 1. The van der Waals surface area contributed by atoms with Crippen molar-refractivity contribution in [3.8, 4) is 0 Å². The predicted octanol–water partition coefficient (Wildman–Crippen LogP) is 3.07. The Morgan fingerprint density at radius 2 is 2.16 bits per heavy atom. The molecule has 4 rings (SSSR count). The molecule has 1 aromatic rings. The predicted molar refractivity (Wildman–Crippen MR) is 94.9 cm³/mol. The first-order valence-electron chi connectivity index (χ1n) is 8.36. The van der Waals surface area contributed by atoms with Crippen LogP contribution in [0.5, 0.6) is 0 Å². The van der Waals surface area contributed by atoms with Gasteiger partial charge in [-0.1, -0.05) is 11.6 Å². The third kappa shape index (κ3) is 2.85. The van der Waals surface area contributed by atoms with E-state index >= 15 is 0 Å². The molecule has 7 heteroatoms. The zero-order valence-electron chi connectivity index (χ0n) is 14.1. The molecule has 0 unspecified atom stereocenters. The molecule has 25 heavy (non-hydrogen) atoms. The van der Waals surface area contributed by atoms with E-state index in [1.165, 1.54) is 12.8 Å². The molecule has 1 saturated carbocycles. The van der Waals surface area contributed by atoms with Crippen molar-refractivity contribution in [2.45, 2.75) is 32.7 Å². The summed E-state index contributed by atoms with van der Waals surface area (Å²) in [5.41, 5.74) is 2.73. The van der Waals surface area contributed by atoms with E-state index in [4.69, 9.17) is 11.6 Å². The Labute approximate surface area is 151 Å². The van der Waals surface area contributed by atoms with E-state index in [-0.39, 0.29) is 0 Å². The van der Waals surface area contributed by atoms with Gasteiger partial charge >= 0.3 is 5.97 Å². The van der Waals surface area contributed by atoms with Crippen LogP contribution in [0.4, 0.5) is 0 Å². The largest absolute Gasteiger partial charge is 0.478 e. The standard InChI is InChI=1S/C18H19ClN4O2/c1-10-5-16(13-6-14(19)8-20-7-13)21-17-15(18(24)25)9-22(23(10)17)11(2)12-3-4-12/h5-8,11-12H,3-4,9H2,1-2H3,(H,24,25)/t11-/m1/s1. The van der Waals surface area contributed by atoms with Crippen LogP contribution in [0.2, 0.25) is 5.02 Å². The Morgan fingerprint density at radius 3 is 2.80 bits per heavy atom. The molecule has 130 valence electrons. The molecule has 3 heterocycles. The van der Waals surface area contributed by atoms with Crippen molar-refractivity contribution < 1.29 is 9.90 Å². The van der Waals surface area contributed by atoms with Crippen molar-refractivity contribution in [3.05, 3.63) is 52.2 Å². The van der Waals surface area contributed by atoms with E-state index in [1.54, 1.807) is 18.5 Å².